The van der Waals surface area contributed by atoms with E-state index in [4.69, 9.17) is 14.8 Å². The molecular formula is C23H24N6O2. The fraction of sp³-hybridized carbons (Fsp3) is 0.304. The van der Waals surface area contributed by atoms with E-state index in [9.17, 15) is 4.79 Å². The molecule has 1 aliphatic heterocycles. The van der Waals surface area contributed by atoms with E-state index >= 15 is 0 Å². The predicted molar refractivity (Wildman–Crippen MR) is 116 cm³/mol. The Kier molecular flexibility index (Phi) is 4.89. The number of rotatable bonds is 4. The molecule has 31 heavy (non-hydrogen) atoms. The van der Waals surface area contributed by atoms with Gasteiger partial charge in [-0.3, -0.25) is 9.48 Å². The number of ether oxygens (including phenoxy) is 1. The number of methoxy groups -OCH3 is 1. The van der Waals surface area contributed by atoms with Crippen molar-refractivity contribution in [2.45, 2.75) is 18.8 Å². The fourth-order valence-electron chi connectivity index (χ4n) is 4.11. The molecule has 158 valence electrons. The molecule has 4 heterocycles. The molecule has 4 aromatic rings. The van der Waals surface area contributed by atoms with Crippen LogP contribution in [0.5, 0.6) is 5.75 Å². The van der Waals surface area contributed by atoms with Crippen molar-refractivity contribution in [3.63, 3.8) is 0 Å². The second-order valence-corrected chi connectivity index (χ2v) is 7.89. The Labute approximate surface area is 180 Å². The minimum atomic E-state index is -0.0330. The van der Waals surface area contributed by atoms with Gasteiger partial charge < -0.3 is 9.64 Å². The van der Waals surface area contributed by atoms with Crippen molar-refractivity contribution in [1.82, 2.24) is 29.3 Å². The lowest BCUT2D eigenvalue weighted by molar-refractivity contribution is 0.0698. The summed E-state index contributed by atoms with van der Waals surface area (Å²) in [6.45, 7) is 1.34. The van der Waals surface area contributed by atoms with Crippen LogP contribution in [0.4, 0.5) is 0 Å². The number of benzene rings is 1. The molecule has 1 atom stereocenters. The molecule has 0 unspecified atom stereocenters. The summed E-state index contributed by atoms with van der Waals surface area (Å²) in [5.41, 5.74) is 3.38. The van der Waals surface area contributed by atoms with Gasteiger partial charge in [0.25, 0.3) is 5.91 Å². The van der Waals surface area contributed by atoms with Gasteiger partial charge in [-0.05, 0) is 48.7 Å². The van der Waals surface area contributed by atoms with Gasteiger partial charge >= 0.3 is 0 Å². The van der Waals surface area contributed by atoms with Crippen LogP contribution in [-0.4, -0.2) is 55.4 Å². The summed E-state index contributed by atoms with van der Waals surface area (Å²) in [6.07, 6.45) is 5.66. The largest absolute Gasteiger partial charge is 0.497 e. The van der Waals surface area contributed by atoms with Crippen molar-refractivity contribution in [3.8, 4) is 16.9 Å². The van der Waals surface area contributed by atoms with Gasteiger partial charge in [-0.1, -0.05) is 12.1 Å². The second kappa shape index (κ2) is 7.86. The number of nitrogens with zero attached hydrogens (tertiary/aromatic N) is 6. The molecule has 8 heteroatoms. The molecule has 0 saturated carbocycles. The maximum Gasteiger partial charge on any atom is 0.274 e. The van der Waals surface area contributed by atoms with Crippen LogP contribution in [0.1, 0.15) is 35.1 Å². The quantitative estimate of drug-likeness (QED) is 0.511. The van der Waals surface area contributed by atoms with Crippen molar-refractivity contribution in [3.05, 3.63) is 66.4 Å². The molecule has 1 aliphatic rings. The van der Waals surface area contributed by atoms with Crippen LogP contribution in [0.25, 0.3) is 16.8 Å². The smallest absolute Gasteiger partial charge is 0.274 e. The summed E-state index contributed by atoms with van der Waals surface area (Å²) in [6, 6.07) is 13.7. The zero-order valence-electron chi connectivity index (χ0n) is 17.6. The molecule has 3 aromatic heterocycles. The number of amides is 1. The zero-order chi connectivity index (χ0) is 21.4. The summed E-state index contributed by atoms with van der Waals surface area (Å²) in [7, 11) is 3.48. The van der Waals surface area contributed by atoms with Crippen molar-refractivity contribution in [2.75, 3.05) is 20.2 Å². The SMILES string of the molecule is COc1cccc(-c2ccc3nc([C@H]4CCCN(C(=O)c5ccn(C)n5)C4)nn3c2)c1. The maximum absolute atomic E-state index is 12.8. The van der Waals surface area contributed by atoms with E-state index in [0.29, 0.717) is 12.2 Å². The third-order valence-electron chi connectivity index (χ3n) is 5.76. The van der Waals surface area contributed by atoms with Crippen LogP contribution in [0, 0.1) is 0 Å². The number of aryl methyl sites for hydroxylation is 1. The van der Waals surface area contributed by atoms with Crippen LogP contribution in [0.2, 0.25) is 0 Å². The number of pyridine rings is 1. The van der Waals surface area contributed by atoms with Crippen LogP contribution >= 0.6 is 0 Å². The first-order valence-corrected chi connectivity index (χ1v) is 10.4. The van der Waals surface area contributed by atoms with Gasteiger partial charge in [-0.15, -0.1) is 0 Å². The number of piperidine rings is 1. The number of carbonyl (C=O) groups excluding carboxylic acids is 1. The highest BCUT2D eigenvalue weighted by Gasteiger charge is 2.29. The van der Waals surface area contributed by atoms with Gasteiger partial charge in [0.2, 0.25) is 0 Å². The Morgan fingerprint density at radius 3 is 2.84 bits per heavy atom. The van der Waals surface area contributed by atoms with Crippen molar-refractivity contribution in [1.29, 1.82) is 0 Å². The normalized spacial score (nSPS) is 16.6. The Bertz CT molecular complexity index is 1240. The van der Waals surface area contributed by atoms with Gasteiger partial charge in [0, 0.05) is 44.0 Å². The first-order valence-electron chi connectivity index (χ1n) is 10.4. The topological polar surface area (TPSA) is 77.5 Å². The van der Waals surface area contributed by atoms with Gasteiger partial charge in [0.1, 0.15) is 11.4 Å². The lowest BCUT2D eigenvalue weighted by Gasteiger charge is -2.30. The maximum atomic E-state index is 12.8. The minimum absolute atomic E-state index is 0.0330. The van der Waals surface area contributed by atoms with Crippen LogP contribution < -0.4 is 4.74 Å². The van der Waals surface area contributed by atoms with E-state index in [1.165, 1.54) is 0 Å². The summed E-state index contributed by atoms with van der Waals surface area (Å²) >= 11 is 0. The lowest BCUT2D eigenvalue weighted by Crippen LogP contribution is -2.39. The van der Waals surface area contributed by atoms with Crippen molar-refractivity contribution in [2.24, 2.45) is 7.05 Å². The summed E-state index contributed by atoms with van der Waals surface area (Å²) < 4.78 is 8.81. The molecule has 1 fully saturated rings. The van der Waals surface area contributed by atoms with E-state index in [2.05, 4.69) is 5.10 Å². The Balaban J connectivity index is 1.39. The molecule has 0 spiro atoms. The molecule has 0 radical (unpaired) electrons. The lowest BCUT2D eigenvalue weighted by atomic mass is 9.97. The summed E-state index contributed by atoms with van der Waals surface area (Å²) in [5, 5.41) is 9.00. The second-order valence-electron chi connectivity index (χ2n) is 7.89. The van der Waals surface area contributed by atoms with Gasteiger partial charge in [-0.25, -0.2) is 9.50 Å². The van der Waals surface area contributed by atoms with Crippen LogP contribution in [0.3, 0.4) is 0 Å². The highest BCUT2D eigenvalue weighted by atomic mass is 16.5. The number of likely N-dealkylation sites (tertiary alicyclic amines) is 1. The molecule has 0 aliphatic carbocycles. The van der Waals surface area contributed by atoms with E-state index in [1.54, 1.807) is 24.1 Å². The zero-order valence-corrected chi connectivity index (χ0v) is 17.6. The van der Waals surface area contributed by atoms with Gasteiger partial charge in [-0.2, -0.15) is 10.2 Å². The van der Waals surface area contributed by atoms with Crippen LogP contribution in [0.15, 0.2) is 54.9 Å². The minimum Gasteiger partial charge on any atom is -0.497 e. The highest BCUT2D eigenvalue weighted by Crippen LogP contribution is 2.28. The van der Waals surface area contributed by atoms with E-state index in [1.807, 2.05) is 59.1 Å². The molecule has 1 aromatic carbocycles. The number of hydrogen-bond acceptors (Lipinski definition) is 5. The van der Waals surface area contributed by atoms with Gasteiger partial charge in [0.05, 0.1) is 7.11 Å². The Morgan fingerprint density at radius 1 is 1.13 bits per heavy atom. The highest BCUT2D eigenvalue weighted by molar-refractivity contribution is 5.92. The molecular weight excluding hydrogens is 392 g/mol. The summed E-state index contributed by atoms with van der Waals surface area (Å²) in [5.74, 6) is 1.68. The number of hydrogen-bond donors (Lipinski definition) is 0. The Morgan fingerprint density at radius 2 is 2.03 bits per heavy atom. The van der Waals surface area contributed by atoms with E-state index in [-0.39, 0.29) is 11.8 Å². The van der Waals surface area contributed by atoms with E-state index < -0.39 is 0 Å². The third kappa shape index (κ3) is 3.76. The molecule has 5 rings (SSSR count). The molecule has 8 nitrogen and oxygen atoms in total. The number of aromatic nitrogens is 5. The first-order chi connectivity index (χ1) is 15.1. The molecule has 1 amide bonds. The standard InChI is InChI=1S/C23H24N6O2/c1-27-12-10-20(25-27)23(30)28-11-4-6-18(14-28)22-24-21-9-8-17(15-29(21)26-22)16-5-3-7-19(13-16)31-2/h3,5,7-10,12-13,15,18H,4,6,11,14H2,1-2H3/t18-/m0/s1. The fourth-order valence-corrected chi connectivity index (χ4v) is 4.11. The first kappa shape index (κ1) is 19.3. The van der Waals surface area contributed by atoms with E-state index in [0.717, 1.165) is 47.7 Å². The average molecular weight is 416 g/mol. The van der Waals surface area contributed by atoms with Crippen molar-refractivity contribution < 1.29 is 9.53 Å². The molecule has 0 bridgehead atoms. The number of carbonyl (C=O) groups is 1. The van der Waals surface area contributed by atoms with Crippen LogP contribution in [-0.2, 0) is 7.05 Å². The summed E-state index contributed by atoms with van der Waals surface area (Å²) in [4.78, 5) is 19.4. The molecule has 1 saturated heterocycles. The number of fused-ring (bicyclic) bond motifs is 1. The monoisotopic (exact) mass is 416 g/mol. The third-order valence-corrected chi connectivity index (χ3v) is 5.76. The van der Waals surface area contributed by atoms with Crippen molar-refractivity contribution >= 4 is 11.6 Å². The molecule has 0 N–H and O–H groups in total. The Hall–Kier alpha value is -3.68. The predicted octanol–water partition coefficient (Wildman–Crippen LogP) is 3.16. The van der Waals surface area contributed by atoms with Gasteiger partial charge in [0.15, 0.2) is 11.5 Å². The average Bonchev–Trinajstić information content (AvgIpc) is 3.44.